The molecule has 2 heterocycles. The smallest absolute Gasteiger partial charge is 0.233 e. The molecule has 0 radical (unpaired) electrons. The highest BCUT2D eigenvalue weighted by Gasteiger charge is 2.35. The first-order valence-corrected chi connectivity index (χ1v) is 9.01. The number of aromatic nitrogens is 2. The Morgan fingerprint density at radius 1 is 1.22 bits per heavy atom. The SMILES string of the molecule is COc1ccccc1-c1noc(C2CN(C(=O)Cc3ccccc3Cl)C2)n1. The van der Waals surface area contributed by atoms with E-state index in [4.69, 9.17) is 20.9 Å². The van der Waals surface area contributed by atoms with E-state index in [1.165, 1.54) is 0 Å². The standard InChI is InChI=1S/C20H18ClN3O3/c1-26-17-9-5-3-7-15(17)19-22-20(27-23-19)14-11-24(12-14)18(25)10-13-6-2-4-8-16(13)21/h2-9,14H,10-12H2,1H3. The van der Waals surface area contributed by atoms with Crippen molar-refractivity contribution in [2.75, 3.05) is 20.2 Å². The first-order chi connectivity index (χ1) is 13.2. The third-order valence-corrected chi connectivity index (χ3v) is 5.04. The fourth-order valence-electron chi connectivity index (χ4n) is 3.09. The molecule has 1 aliphatic rings. The highest BCUT2D eigenvalue weighted by atomic mass is 35.5. The van der Waals surface area contributed by atoms with Crippen LogP contribution in [0.3, 0.4) is 0 Å². The molecular formula is C20H18ClN3O3. The summed E-state index contributed by atoms with van der Waals surface area (Å²) < 4.78 is 10.8. The second-order valence-corrected chi connectivity index (χ2v) is 6.83. The van der Waals surface area contributed by atoms with E-state index in [9.17, 15) is 4.79 Å². The summed E-state index contributed by atoms with van der Waals surface area (Å²) in [5.41, 5.74) is 1.62. The van der Waals surface area contributed by atoms with E-state index >= 15 is 0 Å². The largest absolute Gasteiger partial charge is 0.496 e. The van der Waals surface area contributed by atoms with Crippen LogP contribution in [0, 0.1) is 0 Å². The van der Waals surface area contributed by atoms with Crippen LogP contribution in [0.5, 0.6) is 5.75 Å². The van der Waals surface area contributed by atoms with Crippen LogP contribution in [0.15, 0.2) is 53.1 Å². The number of benzene rings is 2. The molecule has 1 amide bonds. The third kappa shape index (κ3) is 3.53. The van der Waals surface area contributed by atoms with E-state index < -0.39 is 0 Å². The predicted molar refractivity (Wildman–Crippen MR) is 101 cm³/mol. The molecule has 0 bridgehead atoms. The van der Waals surface area contributed by atoms with Gasteiger partial charge < -0.3 is 14.2 Å². The molecule has 0 saturated carbocycles. The van der Waals surface area contributed by atoms with Crippen LogP contribution in [-0.2, 0) is 11.2 Å². The molecule has 27 heavy (non-hydrogen) atoms. The predicted octanol–water partition coefficient (Wildman–Crippen LogP) is 3.57. The third-order valence-electron chi connectivity index (χ3n) is 4.67. The van der Waals surface area contributed by atoms with Gasteiger partial charge in [-0.1, -0.05) is 47.1 Å². The molecule has 138 valence electrons. The normalized spacial score (nSPS) is 14.1. The molecule has 1 aromatic heterocycles. The number of likely N-dealkylation sites (tertiary alicyclic amines) is 1. The van der Waals surface area contributed by atoms with E-state index in [0.29, 0.717) is 42.0 Å². The van der Waals surface area contributed by atoms with Crippen LogP contribution in [0.1, 0.15) is 17.4 Å². The average molecular weight is 384 g/mol. The molecule has 1 fully saturated rings. The molecule has 0 unspecified atom stereocenters. The van der Waals surface area contributed by atoms with Gasteiger partial charge in [-0.3, -0.25) is 4.79 Å². The first kappa shape index (κ1) is 17.5. The molecule has 2 aromatic carbocycles. The van der Waals surface area contributed by atoms with E-state index in [1.54, 1.807) is 18.1 Å². The molecule has 0 spiro atoms. The summed E-state index contributed by atoms with van der Waals surface area (Å²) >= 11 is 6.13. The number of carbonyl (C=O) groups excluding carboxylic acids is 1. The van der Waals surface area contributed by atoms with Crippen LogP contribution < -0.4 is 4.74 Å². The van der Waals surface area contributed by atoms with Gasteiger partial charge in [0.15, 0.2) is 0 Å². The van der Waals surface area contributed by atoms with Gasteiger partial charge in [0.25, 0.3) is 0 Å². The van der Waals surface area contributed by atoms with Gasteiger partial charge in [-0.25, -0.2) is 0 Å². The molecule has 0 aliphatic carbocycles. The second-order valence-electron chi connectivity index (χ2n) is 6.42. The number of para-hydroxylation sites is 1. The summed E-state index contributed by atoms with van der Waals surface area (Å²) in [5, 5.41) is 4.67. The number of rotatable bonds is 5. The van der Waals surface area contributed by atoms with E-state index in [1.807, 2.05) is 42.5 Å². The van der Waals surface area contributed by atoms with Gasteiger partial charge in [0.05, 0.1) is 25.0 Å². The Morgan fingerprint density at radius 3 is 2.74 bits per heavy atom. The molecule has 6 nitrogen and oxygen atoms in total. The minimum absolute atomic E-state index is 0.0452. The highest BCUT2D eigenvalue weighted by molar-refractivity contribution is 6.31. The summed E-state index contributed by atoms with van der Waals surface area (Å²) in [5.74, 6) is 1.82. The summed E-state index contributed by atoms with van der Waals surface area (Å²) in [6, 6.07) is 14.9. The number of methoxy groups -OCH3 is 1. The minimum Gasteiger partial charge on any atom is -0.496 e. The Kier molecular flexibility index (Phi) is 4.81. The molecule has 0 N–H and O–H groups in total. The van der Waals surface area contributed by atoms with Crippen LogP contribution >= 0.6 is 11.6 Å². The molecule has 4 rings (SSSR count). The van der Waals surface area contributed by atoms with Crippen molar-refractivity contribution in [1.29, 1.82) is 0 Å². The number of halogens is 1. The van der Waals surface area contributed by atoms with Gasteiger partial charge in [0, 0.05) is 18.1 Å². The molecular weight excluding hydrogens is 366 g/mol. The quantitative estimate of drug-likeness (QED) is 0.673. The Hall–Kier alpha value is -2.86. The zero-order chi connectivity index (χ0) is 18.8. The van der Waals surface area contributed by atoms with E-state index in [2.05, 4.69) is 10.1 Å². The first-order valence-electron chi connectivity index (χ1n) is 8.64. The van der Waals surface area contributed by atoms with Gasteiger partial charge in [-0.15, -0.1) is 0 Å². The molecule has 0 atom stereocenters. The molecule has 1 saturated heterocycles. The van der Waals surface area contributed by atoms with Crippen molar-refractivity contribution >= 4 is 17.5 Å². The summed E-state index contributed by atoms with van der Waals surface area (Å²) in [7, 11) is 1.61. The highest BCUT2D eigenvalue weighted by Crippen LogP contribution is 2.31. The molecule has 3 aromatic rings. The topological polar surface area (TPSA) is 68.5 Å². The number of carbonyl (C=O) groups is 1. The Balaban J connectivity index is 1.39. The number of hydrogen-bond acceptors (Lipinski definition) is 5. The minimum atomic E-state index is 0.0452. The van der Waals surface area contributed by atoms with Crippen molar-refractivity contribution in [3.63, 3.8) is 0 Å². The summed E-state index contributed by atoms with van der Waals surface area (Å²) in [6.07, 6.45) is 0.294. The fraction of sp³-hybridized carbons (Fsp3) is 0.250. The van der Waals surface area contributed by atoms with Crippen LogP contribution in [0.2, 0.25) is 5.02 Å². The van der Waals surface area contributed by atoms with Crippen LogP contribution in [-0.4, -0.2) is 41.1 Å². The van der Waals surface area contributed by atoms with Gasteiger partial charge >= 0.3 is 0 Å². The van der Waals surface area contributed by atoms with Crippen molar-refractivity contribution in [2.45, 2.75) is 12.3 Å². The lowest BCUT2D eigenvalue weighted by Crippen LogP contribution is -2.49. The average Bonchev–Trinajstić information content (AvgIpc) is 3.12. The van der Waals surface area contributed by atoms with Gasteiger partial charge in [-0.05, 0) is 23.8 Å². The number of nitrogens with zero attached hydrogens (tertiary/aromatic N) is 3. The Morgan fingerprint density at radius 2 is 1.96 bits per heavy atom. The van der Waals surface area contributed by atoms with Crippen molar-refractivity contribution < 1.29 is 14.1 Å². The van der Waals surface area contributed by atoms with Crippen LogP contribution in [0.4, 0.5) is 0 Å². The Labute approximate surface area is 161 Å². The lowest BCUT2D eigenvalue weighted by atomic mass is 9.98. The monoisotopic (exact) mass is 383 g/mol. The zero-order valence-corrected chi connectivity index (χ0v) is 15.5. The maximum Gasteiger partial charge on any atom is 0.233 e. The summed E-state index contributed by atoms with van der Waals surface area (Å²) in [4.78, 5) is 18.7. The van der Waals surface area contributed by atoms with Gasteiger partial charge in [-0.2, -0.15) is 4.98 Å². The Bertz CT molecular complexity index is 966. The van der Waals surface area contributed by atoms with Gasteiger partial charge in [0.2, 0.25) is 17.6 Å². The zero-order valence-electron chi connectivity index (χ0n) is 14.8. The lowest BCUT2D eigenvalue weighted by Gasteiger charge is -2.37. The van der Waals surface area contributed by atoms with E-state index in [-0.39, 0.29) is 11.8 Å². The van der Waals surface area contributed by atoms with E-state index in [0.717, 1.165) is 11.1 Å². The second kappa shape index (κ2) is 7.40. The number of amides is 1. The van der Waals surface area contributed by atoms with Crippen LogP contribution in [0.25, 0.3) is 11.4 Å². The van der Waals surface area contributed by atoms with Crippen molar-refractivity contribution in [1.82, 2.24) is 15.0 Å². The van der Waals surface area contributed by atoms with Crippen molar-refractivity contribution in [3.05, 3.63) is 65.0 Å². The molecule has 7 heteroatoms. The lowest BCUT2D eigenvalue weighted by molar-refractivity contribution is -0.135. The number of ether oxygens (including phenoxy) is 1. The fourth-order valence-corrected chi connectivity index (χ4v) is 3.30. The molecule has 1 aliphatic heterocycles. The maximum absolute atomic E-state index is 12.4. The van der Waals surface area contributed by atoms with Gasteiger partial charge in [0.1, 0.15) is 5.75 Å². The van der Waals surface area contributed by atoms with Crippen molar-refractivity contribution in [3.8, 4) is 17.1 Å². The van der Waals surface area contributed by atoms with Crippen molar-refractivity contribution in [2.24, 2.45) is 0 Å². The maximum atomic E-state index is 12.4. The number of hydrogen-bond donors (Lipinski definition) is 0. The summed E-state index contributed by atoms with van der Waals surface area (Å²) in [6.45, 7) is 1.13.